The lowest BCUT2D eigenvalue weighted by atomic mass is 9.82. The van der Waals surface area contributed by atoms with Gasteiger partial charge in [-0.3, -0.25) is 0 Å². The van der Waals surface area contributed by atoms with Crippen LogP contribution in [0.1, 0.15) is 32.6 Å². The standard InChI is InChI=1S/C14H23NO/c1-4-5-6-13-12(2)11-16-14(13)7-9-15(3)10-8-14/h6H,2,4-5,7-11H2,1,3H3/b13-6+. The Morgan fingerprint density at radius 2 is 2.12 bits per heavy atom. The number of likely N-dealkylation sites (tertiary alicyclic amines) is 1. The molecule has 0 amide bonds. The number of nitrogens with zero attached hydrogens (tertiary/aromatic N) is 1. The molecule has 2 heteroatoms. The van der Waals surface area contributed by atoms with Crippen LogP contribution in [0.5, 0.6) is 0 Å². The summed E-state index contributed by atoms with van der Waals surface area (Å²) >= 11 is 0. The van der Waals surface area contributed by atoms with Crippen molar-refractivity contribution in [3.8, 4) is 0 Å². The molecule has 0 aromatic carbocycles. The molecule has 2 heterocycles. The molecule has 2 aliphatic rings. The smallest absolute Gasteiger partial charge is 0.0960 e. The summed E-state index contributed by atoms with van der Waals surface area (Å²) in [7, 11) is 2.19. The molecular formula is C14H23NO. The highest BCUT2D eigenvalue weighted by atomic mass is 16.5. The third-order valence-electron chi connectivity index (χ3n) is 3.83. The minimum Gasteiger partial charge on any atom is -0.366 e. The van der Waals surface area contributed by atoms with Gasteiger partial charge in [0.2, 0.25) is 0 Å². The first-order valence-electron chi connectivity index (χ1n) is 6.39. The van der Waals surface area contributed by atoms with Gasteiger partial charge in [-0.25, -0.2) is 0 Å². The molecule has 0 aromatic rings. The molecule has 2 nitrogen and oxygen atoms in total. The number of hydrogen-bond acceptors (Lipinski definition) is 2. The fourth-order valence-electron chi connectivity index (χ4n) is 2.72. The average molecular weight is 221 g/mol. The van der Waals surface area contributed by atoms with Crippen molar-refractivity contribution < 1.29 is 4.74 Å². The summed E-state index contributed by atoms with van der Waals surface area (Å²) in [5.74, 6) is 0. The van der Waals surface area contributed by atoms with Crippen LogP contribution in [0.15, 0.2) is 23.8 Å². The first-order chi connectivity index (χ1) is 7.68. The molecule has 2 rings (SSSR count). The van der Waals surface area contributed by atoms with Crippen molar-refractivity contribution in [3.63, 3.8) is 0 Å². The molecule has 16 heavy (non-hydrogen) atoms. The van der Waals surface area contributed by atoms with Crippen LogP contribution in [0.4, 0.5) is 0 Å². The molecule has 2 aliphatic heterocycles. The molecule has 0 atom stereocenters. The third-order valence-corrected chi connectivity index (χ3v) is 3.83. The predicted octanol–water partition coefficient (Wildman–Crippen LogP) is 2.76. The Balaban J connectivity index is 2.16. The van der Waals surface area contributed by atoms with E-state index < -0.39 is 0 Å². The van der Waals surface area contributed by atoms with Gasteiger partial charge in [-0.15, -0.1) is 0 Å². The molecule has 0 bridgehead atoms. The minimum absolute atomic E-state index is 0.0127. The van der Waals surface area contributed by atoms with Gasteiger partial charge < -0.3 is 9.64 Å². The minimum atomic E-state index is 0.0127. The van der Waals surface area contributed by atoms with Gasteiger partial charge in [0, 0.05) is 13.1 Å². The molecule has 1 spiro atoms. The second kappa shape index (κ2) is 4.72. The lowest BCUT2D eigenvalue weighted by molar-refractivity contribution is -0.0183. The van der Waals surface area contributed by atoms with Crippen LogP contribution in [0.3, 0.4) is 0 Å². The Kier molecular flexibility index (Phi) is 3.50. The van der Waals surface area contributed by atoms with Crippen LogP contribution in [0, 0.1) is 0 Å². The highest BCUT2D eigenvalue weighted by Crippen LogP contribution is 2.42. The quantitative estimate of drug-likeness (QED) is 0.711. The van der Waals surface area contributed by atoms with E-state index in [2.05, 4.69) is 31.5 Å². The van der Waals surface area contributed by atoms with Gasteiger partial charge in [-0.1, -0.05) is 26.0 Å². The summed E-state index contributed by atoms with van der Waals surface area (Å²) in [6.45, 7) is 9.38. The third kappa shape index (κ3) is 2.09. The van der Waals surface area contributed by atoms with Gasteiger partial charge in [-0.2, -0.15) is 0 Å². The maximum atomic E-state index is 6.06. The Bertz CT molecular complexity index is 298. The lowest BCUT2D eigenvalue weighted by Gasteiger charge is -2.38. The van der Waals surface area contributed by atoms with Crippen molar-refractivity contribution >= 4 is 0 Å². The van der Waals surface area contributed by atoms with Crippen molar-refractivity contribution in [1.29, 1.82) is 0 Å². The Labute approximate surface area is 99.0 Å². The number of rotatable bonds is 2. The summed E-state index contributed by atoms with van der Waals surface area (Å²) in [6.07, 6.45) is 6.96. The van der Waals surface area contributed by atoms with Gasteiger partial charge in [-0.05, 0) is 37.5 Å². The molecule has 0 N–H and O–H groups in total. The second-order valence-electron chi connectivity index (χ2n) is 5.10. The summed E-state index contributed by atoms with van der Waals surface area (Å²) in [6, 6.07) is 0. The summed E-state index contributed by atoms with van der Waals surface area (Å²) in [5, 5.41) is 0. The van der Waals surface area contributed by atoms with Crippen LogP contribution in [0.2, 0.25) is 0 Å². The molecule has 0 radical (unpaired) electrons. The summed E-state index contributed by atoms with van der Waals surface area (Å²) in [4.78, 5) is 2.38. The highest BCUT2D eigenvalue weighted by molar-refractivity contribution is 5.41. The van der Waals surface area contributed by atoms with E-state index in [4.69, 9.17) is 4.74 Å². The average Bonchev–Trinajstić information content (AvgIpc) is 2.58. The summed E-state index contributed by atoms with van der Waals surface area (Å²) in [5.41, 5.74) is 2.62. The van der Waals surface area contributed by atoms with Crippen molar-refractivity contribution in [2.45, 2.75) is 38.2 Å². The molecular weight excluding hydrogens is 198 g/mol. The van der Waals surface area contributed by atoms with E-state index in [1.165, 1.54) is 17.6 Å². The Hall–Kier alpha value is -0.600. The maximum Gasteiger partial charge on any atom is 0.0960 e. The van der Waals surface area contributed by atoms with E-state index in [0.29, 0.717) is 0 Å². The molecule has 0 aliphatic carbocycles. The topological polar surface area (TPSA) is 12.5 Å². The van der Waals surface area contributed by atoms with E-state index in [0.717, 1.165) is 39.0 Å². The van der Waals surface area contributed by atoms with Crippen molar-refractivity contribution in [1.82, 2.24) is 4.90 Å². The zero-order valence-corrected chi connectivity index (χ0v) is 10.6. The summed E-state index contributed by atoms with van der Waals surface area (Å²) < 4.78 is 6.06. The van der Waals surface area contributed by atoms with E-state index in [1.54, 1.807) is 0 Å². The maximum absolute atomic E-state index is 6.06. The van der Waals surface area contributed by atoms with Gasteiger partial charge in [0.15, 0.2) is 0 Å². The lowest BCUT2D eigenvalue weighted by Crippen LogP contribution is -2.43. The fourth-order valence-corrected chi connectivity index (χ4v) is 2.72. The molecule has 90 valence electrons. The van der Waals surface area contributed by atoms with E-state index in [1.807, 2.05) is 0 Å². The SMILES string of the molecule is C=C1COC2(CCN(C)CC2)/C1=C/CCC. The Morgan fingerprint density at radius 1 is 1.44 bits per heavy atom. The number of hydrogen-bond donors (Lipinski definition) is 0. The highest BCUT2D eigenvalue weighted by Gasteiger charge is 2.43. The van der Waals surface area contributed by atoms with Crippen LogP contribution in [-0.2, 0) is 4.74 Å². The molecule has 2 fully saturated rings. The van der Waals surface area contributed by atoms with Gasteiger partial charge in [0.25, 0.3) is 0 Å². The van der Waals surface area contributed by atoms with Crippen LogP contribution >= 0.6 is 0 Å². The van der Waals surface area contributed by atoms with Gasteiger partial charge in [0.05, 0.1) is 12.2 Å². The number of piperidine rings is 1. The predicted molar refractivity (Wildman–Crippen MR) is 67.5 cm³/mol. The second-order valence-corrected chi connectivity index (χ2v) is 5.10. The van der Waals surface area contributed by atoms with Crippen LogP contribution in [-0.4, -0.2) is 37.2 Å². The van der Waals surface area contributed by atoms with Crippen molar-refractivity contribution in [2.24, 2.45) is 0 Å². The molecule has 0 saturated carbocycles. The van der Waals surface area contributed by atoms with Crippen LogP contribution in [0.25, 0.3) is 0 Å². The van der Waals surface area contributed by atoms with E-state index >= 15 is 0 Å². The zero-order chi connectivity index (χ0) is 11.6. The van der Waals surface area contributed by atoms with Crippen molar-refractivity contribution in [3.05, 3.63) is 23.8 Å². The van der Waals surface area contributed by atoms with E-state index in [9.17, 15) is 0 Å². The number of allylic oxidation sites excluding steroid dienone is 1. The van der Waals surface area contributed by atoms with Gasteiger partial charge in [0.1, 0.15) is 0 Å². The largest absolute Gasteiger partial charge is 0.366 e. The monoisotopic (exact) mass is 221 g/mol. The van der Waals surface area contributed by atoms with Crippen LogP contribution < -0.4 is 0 Å². The molecule has 2 saturated heterocycles. The normalized spacial score (nSPS) is 28.1. The first kappa shape index (κ1) is 11.9. The van der Waals surface area contributed by atoms with Gasteiger partial charge >= 0.3 is 0 Å². The number of unbranched alkanes of at least 4 members (excludes halogenated alkanes) is 1. The Morgan fingerprint density at radius 3 is 2.75 bits per heavy atom. The molecule has 0 aromatic heterocycles. The number of ether oxygens (including phenoxy) is 1. The van der Waals surface area contributed by atoms with E-state index in [-0.39, 0.29) is 5.60 Å². The fraction of sp³-hybridized carbons (Fsp3) is 0.714. The van der Waals surface area contributed by atoms with Crippen molar-refractivity contribution in [2.75, 3.05) is 26.7 Å². The molecule has 0 unspecified atom stereocenters. The zero-order valence-electron chi connectivity index (χ0n) is 10.6. The first-order valence-corrected chi connectivity index (χ1v) is 6.39.